The fourth-order valence-electron chi connectivity index (χ4n) is 2.96. The second-order valence-corrected chi connectivity index (χ2v) is 8.13. The lowest BCUT2D eigenvalue weighted by Crippen LogP contribution is -2.27. The fourth-order valence-corrected chi connectivity index (χ4v) is 3.92. The van der Waals surface area contributed by atoms with Crippen LogP contribution < -0.4 is 14.4 Å². The van der Waals surface area contributed by atoms with Crippen molar-refractivity contribution in [2.24, 2.45) is 0 Å². The fraction of sp³-hybridized carbons (Fsp3) is 0.316. The summed E-state index contributed by atoms with van der Waals surface area (Å²) in [7, 11) is -3.30. The number of amides is 1. The van der Waals surface area contributed by atoms with Gasteiger partial charge in [-0.3, -0.25) is 9.10 Å². The zero-order chi connectivity index (χ0) is 18.7. The van der Waals surface area contributed by atoms with Gasteiger partial charge in [-0.1, -0.05) is 19.1 Å². The topological polar surface area (TPSA) is 75.7 Å². The third kappa shape index (κ3) is 3.83. The zero-order valence-electron chi connectivity index (χ0n) is 14.9. The molecule has 0 saturated carbocycles. The minimum Gasteiger partial charge on any atom is -0.491 e. The molecule has 138 valence electrons. The molecule has 1 amide bonds. The molecule has 0 unspecified atom stereocenters. The SMILES string of the molecule is CCCOc1ccccc1NC(=O)c1ccc2c(c1)CCN2S(C)(=O)=O. The Bertz CT molecular complexity index is 925. The molecule has 6 nitrogen and oxygen atoms in total. The molecule has 3 rings (SSSR count). The smallest absolute Gasteiger partial charge is 0.255 e. The normalized spacial score (nSPS) is 13.4. The van der Waals surface area contributed by atoms with E-state index in [1.54, 1.807) is 24.3 Å². The number of nitrogens with one attached hydrogen (secondary N) is 1. The molecule has 1 heterocycles. The molecule has 2 aromatic rings. The Morgan fingerprint density at radius 1 is 1.23 bits per heavy atom. The molecule has 0 spiro atoms. The molecule has 0 saturated heterocycles. The molecule has 1 N–H and O–H groups in total. The Morgan fingerprint density at radius 2 is 2.00 bits per heavy atom. The Labute approximate surface area is 153 Å². The van der Waals surface area contributed by atoms with E-state index >= 15 is 0 Å². The van der Waals surface area contributed by atoms with Gasteiger partial charge in [0.25, 0.3) is 5.91 Å². The van der Waals surface area contributed by atoms with Gasteiger partial charge in [0.2, 0.25) is 10.0 Å². The predicted molar refractivity (Wildman–Crippen MR) is 103 cm³/mol. The van der Waals surface area contributed by atoms with Crippen LogP contribution in [0.2, 0.25) is 0 Å². The number of carbonyl (C=O) groups is 1. The Morgan fingerprint density at radius 3 is 2.73 bits per heavy atom. The number of ether oxygens (including phenoxy) is 1. The van der Waals surface area contributed by atoms with Crippen LogP contribution in [0.15, 0.2) is 42.5 Å². The second kappa shape index (κ2) is 7.37. The van der Waals surface area contributed by atoms with E-state index in [2.05, 4.69) is 5.32 Å². The molecule has 0 fully saturated rings. The van der Waals surface area contributed by atoms with Gasteiger partial charge in [0.1, 0.15) is 5.75 Å². The highest BCUT2D eigenvalue weighted by atomic mass is 32.2. The lowest BCUT2D eigenvalue weighted by Gasteiger charge is -2.16. The maximum atomic E-state index is 12.6. The van der Waals surface area contributed by atoms with Gasteiger partial charge in [0.05, 0.1) is 24.2 Å². The molecular weight excluding hydrogens is 352 g/mol. The highest BCUT2D eigenvalue weighted by Crippen LogP contribution is 2.31. The summed E-state index contributed by atoms with van der Waals surface area (Å²) in [6.45, 7) is 3.01. The van der Waals surface area contributed by atoms with Gasteiger partial charge in [-0.15, -0.1) is 0 Å². The first kappa shape index (κ1) is 18.3. The van der Waals surface area contributed by atoms with Gasteiger partial charge in [0.15, 0.2) is 0 Å². The molecule has 0 atom stereocenters. The van der Waals surface area contributed by atoms with E-state index in [9.17, 15) is 13.2 Å². The highest BCUT2D eigenvalue weighted by molar-refractivity contribution is 7.92. The average molecular weight is 374 g/mol. The third-order valence-corrected chi connectivity index (χ3v) is 5.37. The van der Waals surface area contributed by atoms with Crippen molar-refractivity contribution < 1.29 is 17.9 Å². The number of anilines is 2. The molecule has 26 heavy (non-hydrogen) atoms. The van der Waals surface area contributed by atoms with Crippen LogP contribution in [0.1, 0.15) is 29.3 Å². The van der Waals surface area contributed by atoms with Crippen LogP contribution in [0.25, 0.3) is 0 Å². The van der Waals surface area contributed by atoms with Crippen molar-refractivity contribution in [3.05, 3.63) is 53.6 Å². The van der Waals surface area contributed by atoms with Gasteiger partial charge >= 0.3 is 0 Å². The first-order valence-electron chi connectivity index (χ1n) is 8.54. The van der Waals surface area contributed by atoms with Crippen LogP contribution in [-0.2, 0) is 16.4 Å². The summed E-state index contributed by atoms with van der Waals surface area (Å²) in [4.78, 5) is 12.6. The summed E-state index contributed by atoms with van der Waals surface area (Å²) in [6.07, 6.45) is 2.67. The molecule has 7 heteroatoms. The summed E-state index contributed by atoms with van der Waals surface area (Å²) < 4.78 is 30.7. The first-order valence-corrected chi connectivity index (χ1v) is 10.4. The van der Waals surface area contributed by atoms with Crippen molar-refractivity contribution in [3.63, 3.8) is 0 Å². The third-order valence-electron chi connectivity index (χ3n) is 4.19. The Hall–Kier alpha value is -2.54. The van der Waals surface area contributed by atoms with E-state index in [0.717, 1.165) is 12.0 Å². The number of sulfonamides is 1. The number of hydrogen-bond donors (Lipinski definition) is 1. The molecular formula is C19H22N2O4S. The van der Waals surface area contributed by atoms with E-state index < -0.39 is 10.0 Å². The van der Waals surface area contributed by atoms with Gasteiger partial charge in [0, 0.05) is 12.1 Å². The maximum Gasteiger partial charge on any atom is 0.255 e. The average Bonchev–Trinajstić information content (AvgIpc) is 3.04. The monoisotopic (exact) mass is 374 g/mol. The van der Waals surface area contributed by atoms with E-state index in [-0.39, 0.29) is 5.91 Å². The van der Waals surface area contributed by atoms with E-state index in [4.69, 9.17) is 4.74 Å². The van der Waals surface area contributed by atoms with E-state index in [0.29, 0.717) is 42.3 Å². The lowest BCUT2D eigenvalue weighted by atomic mass is 10.1. The lowest BCUT2D eigenvalue weighted by molar-refractivity contribution is 0.102. The quantitative estimate of drug-likeness (QED) is 0.843. The first-order chi connectivity index (χ1) is 12.4. The van der Waals surface area contributed by atoms with Gasteiger partial charge < -0.3 is 10.1 Å². The summed E-state index contributed by atoms with van der Waals surface area (Å²) >= 11 is 0. The number of nitrogens with zero attached hydrogens (tertiary/aromatic N) is 1. The van der Waals surface area contributed by atoms with Gasteiger partial charge in [-0.25, -0.2) is 8.42 Å². The molecule has 0 aromatic heterocycles. The summed E-state index contributed by atoms with van der Waals surface area (Å²) in [5.41, 5.74) is 2.61. The molecule has 0 aliphatic carbocycles. The maximum absolute atomic E-state index is 12.6. The van der Waals surface area contributed by atoms with E-state index in [1.165, 1.54) is 10.6 Å². The van der Waals surface area contributed by atoms with Crippen LogP contribution in [0, 0.1) is 0 Å². The number of carbonyl (C=O) groups excluding carboxylic acids is 1. The largest absolute Gasteiger partial charge is 0.491 e. The molecule has 1 aliphatic rings. The number of para-hydroxylation sites is 2. The van der Waals surface area contributed by atoms with Crippen molar-refractivity contribution in [3.8, 4) is 5.75 Å². The van der Waals surface area contributed by atoms with Crippen LogP contribution in [0.5, 0.6) is 5.75 Å². The minimum atomic E-state index is -3.30. The number of hydrogen-bond acceptors (Lipinski definition) is 4. The van der Waals surface area contributed by atoms with Gasteiger partial charge in [-0.05, 0) is 48.7 Å². The van der Waals surface area contributed by atoms with Crippen LogP contribution in [0.3, 0.4) is 0 Å². The number of rotatable bonds is 6. The summed E-state index contributed by atoms with van der Waals surface area (Å²) in [5.74, 6) is 0.380. The molecule has 0 radical (unpaired) electrons. The molecule has 2 aromatic carbocycles. The van der Waals surface area contributed by atoms with E-state index in [1.807, 2.05) is 25.1 Å². The highest BCUT2D eigenvalue weighted by Gasteiger charge is 2.26. The van der Waals surface area contributed by atoms with Crippen LogP contribution in [-0.4, -0.2) is 33.7 Å². The Balaban J connectivity index is 1.80. The van der Waals surface area contributed by atoms with Crippen molar-refractivity contribution in [1.29, 1.82) is 0 Å². The van der Waals surface area contributed by atoms with Crippen LogP contribution >= 0.6 is 0 Å². The minimum absolute atomic E-state index is 0.252. The summed E-state index contributed by atoms with van der Waals surface area (Å²) in [6, 6.07) is 12.4. The van der Waals surface area contributed by atoms with Crippen molar-refractivity contribution >= 4 is 27.3 Å². The predicted octanol–water partition coefficient (Wildman–Crippen LogP) is 3.05. The van der Waals surface area contributed by atoms with Gasteiger partial charge in [-0.2, -0.15) is 0 Å². The molecule has 0 bridgehead atoms. The number of fused-ring (bicyclic) bond motifs is 1. The second-order valence-electron chi connectivity index (χ2n) is 6.23. The standard InChI is InChI=1S/C19H22N2O4S/c1-3-12-25-18-7-5-4-6-16(18)20-19(22)15-8-9-17-14(13-15)10-11-21(17)26(2,23)24/h4-9,13H,3,10-12H2,1-2H3,(H,20,22). The summed E-state index contributed by atoms with van der Waals surface area (Å²) in [5, 5.41) is 2.87. The van der Waals surface area contributed by atoms with Crippen LogP contribution in [0.4, 0.5) is 11.4 Å². The Kier molecular flexibility index (Phi) is 5.18. The van der Waals surface area contributed by atoms with Crippen molar-refractivity contribution in [2.75, 3.05) is 29.0 Å². The van der Waals surface area contributed by atoms with Crippen molar-refractivity contribution in [2.45, 2.75) is 19.8 Å². The van der Waals surface area contributed by atoms with Crippen molar-refractivity contribution in [1.82, 2.24) is 0 Å². The molecule has 1 aliphatic heterocycles. The zero-order valence-corrected chi connectivity index (χ0v) is 15.7. The number of benzene rings is 2.